The van der Waals surface area contributed by atoms with Crippen LogP contribution in [0.4, 0.5) is 10.1 Å². The van der Waals surface area contributed by atoms with E-state index in [1.165, 1.54) is 29.8 Å². The van der Waals surface area contributed by atoms with Gasteiger partial charge in [-0.15, -0.1) is 0 Å². The van der Waals surface area contributed by atoms with Crippen LogP contribution in [-0.4, -0.2) is 60.9 Å². The first kappa shape index (κ1) is 21.8. The van der Waals surface area contributed by atoms with Gasteiger partial charge in [-0.05, 0) is 56.2 Å². The molecular weight excluding hydrogens is 385 g/mol. The van der Waals surface area contributed by atoms with Crippen LogP contribution in [0.25, 0.3) is 0 Å². The van der Waals surface area contributed by atoms with Crippen molar-refractivity contribution < 1.29 is 18.7 Å². The number of carbonyl (C=O) groups is 2. The van der Waals surface area contributed by atoms with Crippen molar-refractivity contribution in [3.05, 3.63) is 58.9 Å². The summed E-state index contributed by atoms with van der Waals surface area (Å²) in [7, 11) is 0. The second kappa shape index (κ2) is 9.71. The quantitative estimate of drug-likeness (QED) is 0.791. The van der Waals surface area contributed by atoms with E-state index >= 15 is 0 Å². The smallest absolute Gasteiger partial charge is 0.260 e. The van der Waals surface area contributed by atoms with Gasteiger partial charge in [-0.3, -0.25) is 14.5 Å². The Balaban J connectivity index is 1.43. The molecule has 1 N–H and O–H groups in total. The minimum absolute atomic E-state index is 0.0514. The second-order valence-electron chi connectivity index (χ2n) is 7.72. The van der Waals surface area contributed by atoms with Crippen molar-refractivity contribution >= 4 is 17.5 Å². The van der Waals surface area contributed by atoms with Crippen molar-refractivity contribution in [2.45, 2.75) is 20.8 Å². The first-order valence-corrected chi connectivity index (χ1v) is 10.1. The van der Waals surface area contributed by atoms with Crippen LogP contribution < -0.4 is 10.1 Å². The van der Waals surface area contributed by atoms with Crippen LogP contribution in [0.3, 0.4) is 0 Å². The Labute approximate surface area is 176 Å². The Morgan fingerprint density at radius 1 is 1.00 bits per heavy atom. The van der Waals surface area contributed by atoms with Crippen LogP contribution in [-0.2, 0) is 9.59 Å². The third kappa shape index (κ3) is 5.79. The molecule has 2 aromatic rings. The number of rotatable bonds is 6. The SMILES string of the molecule is Cc1cc(C)c(NC(=O)CN2CCN(C(=O)COc3ccc(F)cc3)CC2)c(C)c1. The Bertz CT molecular complexity index is 883. The molecule has 1 fully saturated rings. The number of piperazine rings is 1. The van der Waals surface area contributed by atoms with Gasteiger partial charge in [0.25, 0.3) is 5.91 Å². The summed E-state index contributed by atoms with van der Waals surface area (Å²) >= 11 is 0. The van der Waals surface area contributed by atoms with Gasteiger partial charge in [-0.25, -0.2) is 4.39 Å². The fourth-order valence-electron chi connectivity index (χ4n) is 3.68. The van der Waals surface area contributed by atoms with Crippen molar-refractivity contribution in [3.63, 3.8) is 0 Å². The fourth-order valence-corrected chi connectivity index (χ4v) is 3.68. The van der Waals surface area contributed by atoms with E-state index in [9.17, 15) is 14.0 Å². The molecule has 1 aliphatic rings. The van der Waals surface area contributed by atoms with Gasteiger partial charge >= 0.3 is 0 Å². The number of hydrogen-bond acceptors (Lipinski definition) is 4. The molecule has 0 atom stereocenters. The van der Waals surface area contributed by atoms with E-state index in [4.69, 9.17) is 4.74 Å². The lowest BCUT2D eigenvalue weighted by molar-refractivity contribution is -0.135. The molecule has 0 radical (unpaired) electrons. The maximum absolute atomic E-state index is 12.9. The molecule has 1 aliphatic heterocycles. The van der Waals surface area contributed by atoms with E-state index < -0.39 is 0 Å². The molecule has 3 rings (SSSR count). The van der Waals surface area contributed by atoms with Gasteiger partial charge in [-0.2, -0.15) is 0 Å². The van der Waals surface area contributed by atoms with Gasteiger partial charge in [0, 0.05) is 31.9 Å². The summed E-state index contributed by atoms with van der Waals surface area (Å²) in [4.78, 5) is 28.6. The van der Waals surface area contributed by atoms with Crippen molar-refractivity contribution in [3.8, 4) is 5.75 Å². The van der Waals surface area contributed by atoms with Crippen molar-refractivity contribution in [1.82, 2.24) is 9.80 Å². The molecule has 1 heterocycles. The molecule has 30 heavy (non-hydrogen) atoms. The lowest BCUT2D eigenvalue weighted by Gasteiger charge is -2.34. The molecule has 0 spiro atoms. The van der Waals surface area contributed by atoms with E-state index in [1.54, 1.807) is 4.90 Å². The van der Waals surface area contributed by atoms with E-state index in [1.807, 2.05) is 25.7 Å². The number of hydrogen-bond donors (Lipinski definition) is 1. The summed E-state index contributed by atoms with van der Waals surface area (Å²) in [6, 6.07) is 9.70. The van der Waals surface area contributed by atoms with Crippen molar-refractivity contribution in [1.29, 1.82) is 0 Å². The molecule has 2 aromatic carbocycles. The number of carbonyl (C=O) groups excluding carboxylic acids is 2. The minimum Gasteiger partial charge on any atom is -0.484 e. The molecule has 0 unspecified atom stereocenters. The number of benzene rings is 2. The largest absolute Gasteiger partial charge is 0.484 e. The van der Waals surface area contributed by atoms with Crippen molar-refractivity contribution in [2.24, 2.45) is 0 Å². The molecule has 1 saturated heterocycles. The molecule has 0 saturated carbocycles. The first-order chi connectivity index (χ1) is 14.3. The number of anilines is 1. The zero-order valence-corrected chi connectivity index (χ0v) is 17.7. The number of ether oxygens (including phenoxy) is 1. The van der Waals surface area contributed by atoms with Gasteiger partial charge in [0.05, 0.1) is 6.54 Å². The van der Waals surface area contributed by atoms with Crippen LogP contribution >= 0.6 is 0 Å². The van der Waals surface area contributed by atoms with Gasteiger partial charge in [0.2, 0.25) is 5.91 Å². The lowest BCUT2D eigenvalue weighted by atomic mass is 10.1. The standard InChI is InChI=1S/C23H28FN3O3/c1-16-12-17(2)23(18(3)13-16)25-21(28)14-26-8-10-27(11-9-26)22(29)15-30-20-6-4-19(24)5-7-20/h4-7,12-13H,8-11,14-15H2,1-3H3,(H,25,28). The first-order valence-electron chi connectivity index (χ1n) is 10.1. The molecule has 7 heteroatoms. The number of halogens is 1. The van der Waals surface area contributed by atoms with Gasteiger partial charge in [0.1, 0.15) is 11.6 Å². The average molecular weight is 413 g/mol. The molecule has 0 aromatic heterocycles. The number of aryl methyl sites for hydroxylation is 3. The molecule has 160 valence electrons. The van der Waals surface area contributed by atoms with E-state index in [2.05, 4.69) is 17.4 Å². The predicted molar refractivity (Wildman–Crippen MR) is 114 cm³/mol. The number of nitrogens with one attached hydrogen (secondary N) is 1. The average Bonchev–Trinajstić information content (AvgIpc) is 2.70. The molecular formula is C23H28FN3O3. The van der Waals surface area contributed by atoms with Crippen LogP contribution in [0.5, 0.6) is 5.75 Å². The minimum atomic E-state index is -0.346. The summed E-state index contributed by atoms with van der Waals surface area (Å²) in [5.41, 5.74) is 4.15. The molecule has 0 bridgehead atoms. The maximum atomic E-state index is 12.9. The Morgan fingerprint density at radius 3 is 2.20 bits per heavy atom. The highest BCUT2D eigenvalue weighted by Gasteiger charge is 2.23. The monoisotopic (exact) mass is 413 g/mol. The van der Waals surface area contributed by atoms with Crippen LogP contribution in [0.2, 0.25) is 0 Å². The van der Waals surface area contributed by atoms with E-state index in [-0.39, 0.29) is 24.2 Å². The van der Waals surface area contributed by atoms with Crippen LogP contribution in [0.1, 0.15) is 16.7 Å². The highest BCUT2D eigenvalue weighted by Crippen LogP contribution is 2.22. The maximum Gasteiger partial charge on any atom is 0.260 e. The number of nitrogens with zero attached hydrogens (tertiary/aromatic N) is 2. The summed E-state index contributed by atoms with van der Waals surface area (Å²) < 4.78 is 18.3. The van der Waals surface area contributed by atoms with Crippen LogP contribution in [0.15, 0.2) is 36.4 Å². The fraction of sp³-hybridized carbons (Fsp3) is 0.391. The summed E-state index contributed by atoms with van der Waals surface area (Å²) in [6.45, 7) is 8.57. The highest BCUT2D eigenvalue weighted by molar-refractivity contribution is 5.93. The molecule has 0 aliphatic carbocycles. The zero-order valence-electron chi connectivity index (χ0n) is 17.7. The number of amides is 2. The van der Waals surface area contributed by atoms with Crippen LogP contribution in [0, 0.1) is 26.6 Å². The Hall–Kier alpha value is -2.93. The third-order valence-corrected chi connectivity index (χ3v) is 5.21. The van der Waals surface area contributed by atoms with E-state index in [0.29, 0.717) is 38.5 Å². The molecule has 2 amide bonds. The summed E-state index contributed by atoms with van der Waals surface area (Å²) in [5.74, 6) is -0.0536. The van der Waals surface area contributed by atoms with Gasteiger partial charge < -0.3 is 15.0 Å². The predicted octanol–water partition coefficient (Wildman–Crippen LogP) is 2.91. The molecule has 6 nitrogen and oxygen atoms in total. The zero-order chi connectivity index (χ0) is 21.7. The Kier molecular flexibility index (Phi) is 7.05. The lowest BCUT2D eigenvalue weighted by Crippen LogP contribution is -2.51. The van der Waals surface area contributed by atoms with Gasteiger partial charge in [0.15, 0.2) is 6.61 Å². The summed E-state index contributed by atoms with van der Waals surface area (Å²) in [5, 5.41) is 3.02. The van der Waals surface area contributed by atoms with E-state index in [0.717, 1.165) is 16.8 Å². The Morgan fingerprint density at radius 2 is 1.60 bits per heavy atom. The third-order valence-electron chi connectivity index (χ3n) is 5.21. The van der Waals surface area contributed by atoms with Gasteiger partial charge in [-0.1, -0.05) is 17.7 Å². The summed E-state index contributed by atoms with van der Waals surface area (Å²) in [6.07, 6.45) is 0. The normalized spacial score (nSPS) is 14.5. The topological polar surface area (TPSA) is 61.9 Å². The van der Waals surface area contributed by atoms with Crippen molar-refractivity contribution in [2.75, 3.05) is 44.6 Å². The second-order valence-corrected chi connectivity index (χ2v) is 7.72. The highest BCUT2D eigenvalue weighted by atomic mass is 19.1.